The maximum atomic E-state index is 12.3. The van der Waals surface area contributed by atoms with Gasteiger partial charge >= 0.3 is 0 Å². The molecule has 24 heavy (non-hydrogen) atoms. The Morgan fingerprint density at radius 2 is 1.92 bits per heavy atom. The zero-order valence-corrected chi connectivity index (χ0v) is 16.5. The van der Waals surface area contributed by atoms with E-state index in [-0.39, 0.29) is 42.2 Å². The zero-order chi connectivity index (χ0) is 16.8. The van der Waals surface area contributed by atoms with E-state index in [2.05, 4.69) is 10.3 Å². The summed E-state index contributed by atoms with van der Waals surface area (Å²) in [5.74, 6) is -0.371. The minimum Gasteiger partial charge on any atom is -0.348 e. The van der Waals surface area contributed by atoms with Gasteiger partial charge in [-0.15, -0.1) is 24.8 Å². The molecule has 140 valence electrons. The van der Waals surface area contributed by atoms with Crippen molar-refractivity contribution >= 4 is 40.7 Å². The molecule has 1 amide bonds. The SMILES string of the molecule is CCC(CC)(CN)NC(=O)CN(C)S(=O)(=O)c1cccnc1.Cl.Cl. The van der Waals surface area contributed by atoms with E-state index in [1.54, 1.807) is 0 Å². The van der Waals surface area contributed by atoms with E-state index in [1.807, 2.05) is 13.8 Å². The highest BCUT2D eigenvalue weighted by Gasteiger charge is 2.29. The van der Waals surface area contributed by atoms with E-state index in [0.717, 1.165) is 4.31 Å². The molecular formula is C14H26Cl2N4O3S. The van der Waals surface area contributed by atoms with Crippen molar-refractivity contribution in [1.82, 2.24) is 14.6 Å². The number of sulfonamides is 1. The lowest BCUT2D eigenvalue weighted by molar-refractivity contribution is -0.123. The number of hydrogen-bond donors (Lipinski definition) is 2. The third kappa shape index (κ3) is 6.18. The van der Waals surface area contributed by atoms with Crippen LogP contribution < -0.4 is 11.1 Å². The van der Waals surface area contributed by atoms with E-state index in [0.29, 0.717) is 19.4 Å². The van der Waals surface area contributed by atoms with Gasteiger partial charge in [-0.05, 0) is 25.0 Å². The van der Waals surface area contributed by atoms with E-state index < -0.39 is 15.6 Å². The molecule has 0 atom stereocenters. The quantitative estimate of drug-likeness (QED) is 0.681. The molecule has 0 aromatic carbocycles. The molecule has 0 aliphatic carbocycles. The van der Waals surface area contributed by atoms with Gasteiger partial charge in [0.25, 0.3) is 0 Å². The number of likely N-dealkylation sites (N-methyl/N-ethyl adjacent to an activating group) is 1. The first-order valence-corrected chi connectivity index (χ1v) is 8.62. The van der Waals surface area contributed by atoms with Gasteiger partial charge < -0.3 is 11.1 Å². The highest BCUT2D eigenvalue weighted by atomic mass is 35.5. The highest BCUT2D eigenvalue weighted by molar-refractivity contribution is 7.89. The molecule has 0 saturated heterocycles. The number of nitrogens with two attached hydrogens (primary N) is 1. The van der Waals surface area contributed by atoms with Gasteiger partial charge in [-0.3, -0.25) is 9.78 Å². The van der Waals surface area contributed by atoms with Crippen LogP contribution in [0.5, 0.6) is 0 Å². The summed E-state index contributed by atoms with van der Waals surface area (Å²) in [6.07, 6.45) is 4.12. The number of halogens is 2. The predicted molar refractivity (Wildman–Crippen MR) is 99.1 cm³/mol. The molecule has 7 nitrogen and oxygen atoms in total. The standard InChI is InChI=1S/C14H24N4O3S.2ClH/c1-4-14(5-2,11-15)17-13(19)10-18(3)22(20,21)12-7-6-8-16-9-12;;/h6-9H,4-5,10-11,15H2,1-3H3,(H,17,19);2*1H. The Bertz CT molecular complexity index is 587. The molecule has 0 aliphatic rings. The van der Waals surface area contributed by atoms with Gasteiger partial charge in [-0.2, -0.15) is 4.31 Å². The van der Waals surface area contributed by atoms with Crippen molar-refractivity contribution in [3.05, 3.63) is 24.5 Å². The molecular weight excluding hydrogens is 375 g/mol. The number of carbonyl (C=O) groups is 1. The Hall–Kier alpha value is -0.930. The van der Waals surface area contributed by atoms with Crippen LogP contribution in [0, 0.1) is 0 Å². The van der Waals surface area contributed by atoms with Crippen LogP contribution in [-0.4, -0.2) is 49.3 Å². The van der Waals surface area contributed by atoms with Crippen molar-refractivity contribution in [2.24, 2.45) is 5.73 Å². The van der Waals surface area contributed by atoms with E-state index in [1.165, 1.54) is 31.6 Å². The smallest absolute Gasteiger partial charge is 0.244 e. The molecule has 0 saturated carbocycles. The first-order valence-electron chi connectivity index (χ1n) is 7.18. The van der Waals surface area contributed by atoms with Gasteiger partial charge in [0.2, 0.25) is 15.9 Å². The Morgan fingerprint density at radius 3 is 2.33 bits per heavy atom. The summed E-state index contributed by atoms with van der Waals surface area (Å²) in [6, 6.07) is 2.98. The van der Waals surface area contributed by atoms with Gasteiger partial charge in [0.15, 0.2) is 0 Å². The van der Waals surface area contributed by atoms with Crippen molar-refractivity contribution in [3.8, 4) is 0 Å². The molecule has 1 rings (SSSR count). The second-order valence-corrected chi connectivity index (χ2v) is 7.23. The lowest BCUT2D eigenvalue weighted by Crippen LogP contribution is -2.55. The van der Waals surface area contributed by atoms with Crippen molar-refractivity contribution in [3.63, 3.8) is 0 Å². The Morgan fingerprint density at radius 1 is 1.33 bits per heavy atom. The van der Waals surface area contributed by atoms with Crippen LogP contribution in [-0.2, 0) is 14.8 Å². The molecule has 0 aliphatic heterocycles. The normalized spacial score (nSPS) is 11.4. The first-order chi connectivity index (χ1) is 10.3. The lowest BCUT2D eigenvalue weighted by Gasteiger charge is -2.32. The maximum Gasteiger partial charge on any atom is 0.244 e. The van der Waals surface area contributed by atoms with Crippen LogP contribution in [0.3, 0.4) is 0 Å². The number of aromatic nitrogens is 1. The van der Waals surface area contributed by atoms with Crippen LogP contribution in [0.2, 0.25) is 0 Å². The van der Waals surface area contributed by atoms with Crippen molar-refractivity contribution in [2.45, 2.75) is 37.1 Å². The Labute approximate surface area is 156 Å². The van der Waals surface area contributed by atoms with Crippen molar-refractivity contribution in [1.29, 1.82) is 0 Å². The third-order valence-electron chi connectivity index (χ3n) is 3.86. The van der Waals surface area contributed by atoms with Crippen LogP contribution in [0.25, 0.3) is 0 Å². The molecule has 1 aromatic rings. The fraction of sp³-hybridized carbons (Fsp3) is 0.571. The summed E-state index contributed by atoms with van der Waals surface area (Å²) in [5.41, 5.74) is 5.24. The summed E-state index contributed by atoms with van der Waals surface area (Å²) in [5, 5.41) is 2.85. The highest BCUT2D eigenvalue weighted by Crippen LogP contribution is 2.15. The number of amides is 1. The largest absolute Gasteiger partial charge is 0.348 e. The predicted octanol–water partition coefficient (Wildman–Crippen LogP) is 1.18. The average molecular weight is 401 g/mol. The third-order valence-corrected chi connectivity index (χ3v) is 5.64. The zero-order valence-electron chi connectivity index (χ0n) is 14.1. The number of hydrogen-bond acceptors (Lipinski definition) is 5. The van der Waals surface area contributed by atoms with Crippen LogP contribution >= 0.6 is 24.8 Å². The van der Waals surface area contributed by atoms with E-state index in [4.69, 9.17) is 5.73 Å². The average Bonchev–Trinajstić information content (AvgIpc) is 2.53. The van der Waals surface area contributed by atoms with Crippen LogP contribution in [0.4, 0.5) is 0 Å². The van der Waals surface area contributed by atoms with Crippen LogP contribution in [0.15, 0.2) is 29.4 Å². The monoisotopic (exact) mass is 400 g/mol. The molecule has 0 spiro atoms. The number of pyridine rings is 1. The van der Waals surface area contributed by atoms with E-state index >= 15 is 0 Å². The van der Waals surface area contributed by atoms with Gasteiger partial charge in [-0.1, -0.05) is 13.8 Å². The summed E-state index contributed by atoms with van der Waals surface area (Å²) in [6.45, 7) is 3.92. The van der Waals surface area contributed by atoms with Gasteiger partial charge in [0, 0.05) is 26.0 Å². The fourth-order valence-electron chi connectivity index (χ4n) is 2.07. The van der Waals surface area contributed by atoms with Gasteiger partial charge in [0.05, 0.1) is 12.1 Å². The second-order valence-electron chi connectivity index (χ2n) is 5.19. The van der Waals surface area contributed by atoms with E-state index in [9.17, 15) is 13.2 Å². The summed E-state index contributed by atoms with van der Waals surface area (Å²) in [7, 11) is -2.37. The minimum atomic E-state index is -3.73. The molecule has 3 N–H and O–H groups in total. The molecule has 0 radical (unpaired) electrons. The summed E-state index contributed by atoms with van der Waals surface area (Å²) in [4.78, 5) is 16.0. The summed E-state index contributed by atoms with van der Waals surface area (Å²) < 4.78 is 25.7. The minimum absolute atomic E-state index is 0. The van der Waals surface area contributed by atoms with Crippen molar-refractivity contribution in [2.75, 3.05) is 20.1 Å². The fourth-order valence-corrected chi connectivity index (χ4v) is 3.16. The topological polar surface area (TPSA) is 105 Å². The molecule has 0 unspecified atom stereocenters. The molecule has 0 bridgehead atoms. The van der Waals surface area contributed by atoms with Crippen molar-refractivity contribution < 1.29 is 13.2 Å². The number of carbonyl (C=O) groups excluding carboxylic acids is 1. The lowest BCUT2D eigenvalue weighted by atomic mass is 9.93. The van der Waals surface area contributed by atoms with Gasteiger partial charge in [-0.25, -0.2) is 8.42 Å². The molecule has 0 fully saturated rings. The Kier molecular flexibility index (Phi) is 11.4. The number of rotatable bonds is 8. The van der Waals surface area contributed by atoms with Crippen LogP contribution in [0.1, 0.15) is 26.7 Å². The molecule has 1 aromatic heterocycles. The van der Waals surface area contributed by atoms with Gasteiger partial charge in [0.1, 0.15) is 4.90 Å². The Balaban J connectivity index is 0. The maximum absolute atomic E-state index is 12.3. The molecule has 1 heterocycles. The number of nitrogens with one attached hydrogen (secondary N) is 1. The summed E-state index contributed by atoms with van der Waals surface area (Å²) >= 11 is 0. The molecule has 10 heteroatoms. The number of nitrogens with zero attached hydrogens (tertiary/aromatic N) is 2. The first kappa shape index (κ1) is 25.3. The second kappa shape index (κ2) is 10.8.